The van der Waals surface area contributed by atoms with E-state index in [9.17, 15) is 9.59 Å². The SMILES string of the molecule is Cc1cc(NC(=O)C(=O)N2C[C@@H](C)CCC2c2ccc3nn(C)cc3c2)cnc1N. The van der Waals surface area contributed by atoms with Crippen molar-refractivity contribution in [3.8, 4) is 0 Å². The first kappa shape index (κ1) is 19.9. The lowest BCUT2D eigenvalue weighted by Gasteiger charge is -2.38. The molecule has 4 rings (SSSR count). The van der Waals surface area contributed by atoms with E-state index in [2.05, 4.69) is 28.4 Å². The van der Waals surface area contributed by atoms with Gasteiger partial charge in [0.1, 0.15) is 5.82 Å². The number of aromatic nitrogens is 3. The van der Waals surface area contributed by atoms with E-state index in [1.165, 1.54) is 6.20 Å². The molecule has 0 radical (unpaired) electrons. The lowest BCUT2D eigenvalue weighted by molar-refractivity contribution is -0.146. The van der Waals surface area contributed by atoms with Crippen molar-refractivity contribution in [2.75, 3.05) is 17.6 Å². The number of likely N-dealkylation sites (tertiary alicyclic amines) is 1. The minimum atomic E-state index is -0.664. The number of benzene rings is 1. The zero-order valence-corrected chi connectivity index (χ0v) is 17.4. The van der Waals surface area contributed by atoms with Gasteiger partial charge in [0.2, 0.25) is 0 Å². The minimum absolute atomic E-state index is 0.143. The fourth-order valence-electron chi connectivity index (χ4n) is 4.07. The molecule has 1 aromatic carbocycles. The molecule has 8 nitrogen and oxygen atoms in total. The van der Waals surface area contributed by atoms with Gasteiger partial charge in [0, 0.05) is 25.2 Å². The van der Waals surface area contributed by atoms with E-state index in [4.69, 9.17) is 5.73 Å². The summed E-state index contributed by atoms with van der Waals surface area (Å²) in [5.74, 6) is -0.467. The Morgan fingerprint density at radius 2 is 2.03 bits per heavy atom. The number of rotatable bonds is 2. The van der Waals surface area contributed by atoms with Crippen LogP contribution in [-0.4, -0.2) is 38.0 Å². The largest absolute Gasteiger partial charge is 0.383 e. The van der Waals surface area contributed by atoms with Crippen molar-refractivity contribution < 1.29 is 9.59 Å². The number of carbonyl (C=O) groups excluding carboxylic acids is 2. The maximum Gasteiger partial charge on any atom is 0.313 e. The first-order valence-corrected chi connectivity index (χ1v) is 10.1. The number of piperidine rings is 1. The maximum atomic E-state index is 13.1. The van der Waals surface area contributed by atoms with Crippen LogP contribution in [0.15, 0.2) is 36.7 Å². The Morgan fingerprint density at radius 3 is 2.80 bits per heavy atom. The van der Waals surface area contributed by atoms with E-state index < -0.39 is 11.8 Å². The third-order valence-electron chi connectivity index (χ3n) is 5.68. The third-order valence-corrected chi connectivity index (χ3v) is 5.68. The number of nitrogen functional groups attached to an aromatic ring is 1. The van der Waals surface area contributed by atoms with Crippen LogP contribution >= 0.6 is 0 Å². The molecular weight excluding hydrogens is 380 g/mol. The van der Waals surface area contributed by atoms with Crippen LogP contribution < -0.4 is 11.1 Å². The van der Waals surface area contributed by atoms with Gasteiger partial charge in [-0.3, -0.25) is 14.3 Å². The van der Waals surface area contributed by atoms with Gasteiger partial charge in [-0.1, -0.05) is 13.0 Å². The highest BCUT2D eigenvalue weighted by Gasteiger charge is 2.34. The summed E-state index contributed by atoms with van der Waals surface area (Å²) in [6.07, 6.45) is 5.23. The Morgan fingerprint density at radius 1 is 1.23 bits per heavy atom. The van der Waals surface area contributed by atoms with Crippen LogP contribution in [0.4, 0.5) is 11.5 Å². The molecule has 3 heterocycles. The van der Waals surface area contributed by atoms with Crippen LogP contribution in [0.5, 0.6) is 0 Å². The monoisotopic (exact) mass is 406 g/mol. The normalized spacial score (nSPS) is 19.1. The number of aryl methyl sites for hydroxylation is 2. The number of anilines is 2. The Balaban J connectivity index is 1.58. The Hall–Kier alpha value is -3.42. The van der Waals surface area contributed by atoms with Gasteiger partial charge >= 0.3 is 11.8 Å². The number of pyridine rings is 1. The van der Waals surface area contributed by atoms with Crippen LogP contribution in [0.1, 0.15) is 36.9 Å². The van der Waals surface area contributed by atoms with Crippen LogP contribution in [-0.2, 0) is 16.6 Å². The van der Waals surface area contributed by atoms with E-state index in [0.29, 0.717) is 24.0 Å². The summed E-state index contributed by atoms with van der Waals surface area (Å²) >= 11 is 0. The van der Waals surface area contributed by atoms with Crippen LogP contribution in [0.25, 0.3) is 10.9 Å². The first-order valence-electron chi connectivity index (χ1n) is 10.1. The molecular formula is C22H26N6O2. The molecule has 1 saturated heterocycles. The predicted molar refractivity (Wildman–Crippen MR) is 116 cm³/mol. The highest BCUT2D eigenvalue weighted by Crippen LogP contribution is 2.34. The molecule has 0 bridgehead atoms. The highest BCUT2D eigenvalue weighted by atomic mass is 16.2. The van der Waals surface area contributed by atoms with Gasteiger partial charge in [-0.2, -0.15) is 5.10 Å². The van der Waals surface area contributed by atoms with Gasteiger partial charge in [0.25, 0.3) is 0 Å². The molecule has 156 valence electrons. The van der Waals surface area contributed by atoms with E-state index in [1.807, 2.05) is 25.4 Å². The van der Waals surface area contributed by atoms with Crippen molar-refractivity contribution in [3.63, 3.8) is 0 Å². The molecule has 1 fully saturated rings. The molecule has 0 saturated carbocycles. The molecule has 1 aliphatic heterocycles. The van der Waals surface area contributed by atoms with Crippen LogP contribution in [0, 0.1) is 12.8 Å². The fraction of sp³-hybridized carbons (Fsp3) is 0.364. The number of nitrogens with zero attached hydrogens (tertiary/aromatic N) is 4. The third kappa shape index (κ3) is 3.85. The van der Waals surface area contributed by atoms with Crippen molar-refractivity contribution in [1.82, 2.24) is 19.7 Å². The number of nitrogens with one attached hydrogen (secondary N) is 1. The lowest BCUT2D eigenvalue weighted by Crippen LogP contribution is -2.46. The van der Waals surface area contributed by atoms with Crippen molar-refractivity contribution >= 4 is 34.2 Å². The quantitative estimate of drug-likeness (QED) is 0.637. The second kappa shape index (κ2) is 7.78. The lowest BCUT2D eigenvalue weighted by atomic mass is 9.89. The second-order valence-electron chi connectivity index (χ2n) is 8.16. The molecule has 3 N–H and O–H groups in total. The number of hydrogen-bond acceptors (Lipinski definition) is 5. The van der Waals surface area contributed by atoms with Gasteiger partial charge in [0.05, 0.1) is 23.4 Å². The zero-order valence-electron chi connectivity index (χ0n) is 17.4. The summed E-state index contributed by atoms with van der Waals surface area (Å²) in [7, 11) is 1.88. The Labute approximate surface area is 175 Å². The van der Waals surface area contributed by atoms with Gasteiger partial charge < -0.3 is 16.0 Å². The van der Waals surface area contributed by atoms with Gasteiger partial charge in [0.15, 0.2) is 0 Å². The average molecular weight is 406 g/mol. The van der Waals surface area contributed by atoms with Crippen molar-refractivity contribution in [3.05, 3.63) is 47.8 Å². The highest BCUT2D eigenvalue weighted by molar-refractivity contribution is 6.39. The number of amides is 2. The molecule has 1 unspecified atom stereocenters. The standard InChI is InChI=1S/C22H26N6O2/c1-13-4-7-19(15-5-6-18-16(9-15)12-27(3)26-18)28(11-13)22(30)21(29)25-17-8-14(2)20(23)24-10-17/h5-6,8-10,12-13,19H,4,7,11H2,1-3H3,(H2,23,24)(H,25,29)/t13-,19?/m0/s1. The summed E-state index contributed by atoms with van der Waals surface area (Å²) in [4.78, 5) is 31.6. The fourth-order valence-corrected chi connectivity index (χ4v) is 4.07. The summed E-state index contributed by atoms with van der Waals surface area (Å²) in [6, 6.07) is 7.60. The Bertz CT molecular complexity index is 1120. The first-order chi connectivity index (χ1) is 14.3. The molecule has 0 spiro atoms. The smallest absolute Gasteiger partial charge is 0.313 e. The summed E-state index contributed by atoms with van der Waals surface area (Å²) < 4.78 is 1.77. The number of carbonyl (C=O) groups is 2. The van der Waals surface area contributed by atoms with Crippen molar-refractivity contribution in [2.24, 2.45) is 13.0 Å². The van der Waals surface area contributed by atoms with Crippen molar-refractivity contribution in [1.29, 1.82) is 0 Å². The van der Waals surface area contributed by atoms with E-state index in [1.54, 1.807) is 22.6 Å². The molecule has 3 aromatic rings. The van der Waals surface area contributed by atoms with E-state index in [-0.39, 0.29) is 6.04 Å². The van der Waals surface area contributed by atoms with Crippen molar-refractivity contribution in [2.45, 2.75) is 32.7 Å². The van der Waals surface area contributed by atoms with E-state index >= 15 is 0 Å². The average Bonchev–Trinajstić information content (AvgIpc) is 3.09. The maximum absolute atomic E-state index is 13.1. The van der Waals surface area contributed by atoms with Gasteiger partial charge in [-0.05, 0) is 55.0 Å². The Kier molecular flexibility index (Phi) is 5.15. The minimum Gasteiger partial charge on any atom is -0.383 e. The van der Waals surface area contributed by atoms with Gasteiger partial charge in [-0.25, -0.2) is 4.98 Å². The number of hydrogen-bond donors (Lipinski definition) is 2. The van der Waals surface area contributed by atoms with E-state index in [0.717, 1.165) is 34.9 Å². The van der Waals surface area contributed by atoms with Gasteiger partial charge in [-0.15, -0.1) is 0 Å². The zero-order chi connectivity index (χ0) is 21.4. The summed E-state index contributed by atoms with van der Waals surface area (Å²) in [5, 5.41) is 8.10. The topological polar surface area (TPSA) is 106 Å². The van der Waals surface area contributed by atoms with Crippen LogP contribution in [0.3, 0.4) is 0 Å². The number of nitrogens with two attached hydrogens (primary N) is 1. The predicted octanol–water partition coefficient (Wildman–Crippen LogP) is 2.80. The summed E-state index contributed by atoms with van der Waals surface area (Å²) in [6.45, 7) is 4.45. The molecule has 30 heavy (non-hydrogen) atoms. The van der Waals surface area contributed by atoms with Crippen LogP contribution in [0.2, 0.25) is 0 Å². The molecule has 2 atom stereocenters. The summed E-state index contributed by atoms with van der Waals surface area (Å²) in [5.41, 5.74) is 8.86. The molecule has 2 amide bonds. The molecule has 0 aliphatic carbocycles. The second-order valence-corrected chi connectivity index (χ2v) is 8.16. The molecule has 1 aliphatic rings. The molecule has 2 aromatic heterocycles. The number of fused-ring (bicyclic) bond motifs is 1. The molecule has 8 heteroatoms.